The Morgan fingerprint density at radius 1 is 1.40 bits per heavy atom. The van der Waals surface area contributed by atoms with Gasteiger partial charge in [-0.05, 0) is 52.3 Å². The van der Waals surface area contributed by atoms with Crippen molar-refractivity contribution in [1.82, 2.24) is 5.43 Å². The van der Waals surface area contributed by atoms with Gasteiger partial charge < -0.3 is 4.74 Å². The second-order valence-corrected chi connectivity index (χ2v) is 7.50. The summed E-state index contributed by atoms with van der Waals surface area (Å²) in [7, 11) is 0. The molecule has 0 bridgehead atoms. The van der Waals surface area contributed by atoms with E-state index in [1.165, 1.54) is 6.07 Å². The van der Waals surface area contributed by atoms with Crippen LogP contribution in [0.1, 0.15) is 45.7 Å². The molecule has 2 rings (SSSR count). The molecule has 1 aliphatic heterocycles. The quantitative estimate of drug-likeness (QED) is 0.649. The van der Waals surface area contributed by atoms with Gasteiger partial charge in [-0.2, -0.15) is 0 Å². The molecule has 3 N–H and O–H groups in total. The molecule has 1 aromatic carbocycles. The summed E-state index contributed by atoms with van der Waals surface area (Å²) in [5.74, 6) is 5.56. The van der Waals surface area contributed by atoms with Gasteiger partial charge in [0, 0.05) is 16.0 Å². The van der Waals surface area contributed by atoms with Crippen LogP contribution in [0, 0.1) is 11.7 Å². The first-order valence-corrected chi connectivity index (χ1v) is 7.57. The second kappa shape index (κ2) is 5.37. The van der Waals surface area contributed by atoms with Gasteiger partial charge in [0.15, 0.2) is 0 Å². The third kappa shape index (κ3) is 3.06. The summed E-state index contributed by atoms with van der Waals surface area (Å²) in [4.78, 5) is 0. The average Bonchev–Trinajstić information content (AvgIpc) is 2.53. The Morgan fingerprint density at radius 2 is 2.05 bits per heavy atom. The SMILES string of the molecule is CC1(C)CC(C(NN)c2cc(Br)ccc2F)C(C)(C)O1. The molecule has 0 aromatic heterocycles. The summed E-state index contributed by atoms with van der Waals surface area (Å²) in [5.41, 5.74) is 2.76. The minimum absolute atomic E-state index is 0.0892. The zero-order valence-electron chi connectivity index (χ0n) is 12.3. The van der Waals surface area contributed by atoms with Crippen LogP contribution < -0.4 is 11.3 Å². The molecule has 2 unspecified atom stereocenters. The fourth-order valence-electron chi connectivity index (χ4n) is 3.30. The van der Waals surface area contributed by atoms with E-state index in [2.05, 4.69) is 35.2 Å². The van der Waals surface area contributed by atoms with E-state index in [4.69, 9.17) is 10.6 Å². The molecule has 1 saturated heterocycles. The van der Waals surface area contributed by atoms with Crippen LogP contribution in [0.5, 0.6) is 0 Å². The Bertz CT molecular complexity index is 505. The van der Waals surface area contributed by atoms with Gasteiger partial charge in [-0.3, -0.25) is 11.3 Å². The zero-order valence-corrected chi connectivity index (χ0v) is 13.9. The Morgan fingerprint density at radius 3 is 2.55 bits per heavy atom. The minimum Gasteiger partial charge on any atom is -0.369 e. The molecule has 0 spiro atoms. The number of rotatable bonds is 3. The van der Waals surface area contributed by atoms with Gasteiger partial charge >= 0.3 is 0 Å². The van der Waals surface area contributed by atoms with Gasteiger partial charge in [-0.1, -0.05) is 15.9 Å². The molecule has 20 heavy (non-hydrogen) atoms. The number of nitrogens with two attached hydrogens (primary N) is 1. The molecular weight excluding hydrogens is 323 g/mol. The van der Waals surface area contributed by atoms with Crippen molar-refractivity contribution in [1.29, 1.82) is 0 Å². The van der Waals surface area contributed by atoms with E-state index in [1.807, 2.05) is 13.8 Å². The van der Waals surface area contributed by atoms with Gasteiger partial charge in [0.05, 0.1) is 17.2 Å². The molecule has 1 fully saturated rings. The topological polar surface area (TPSA) is 47.3 Å². The van der Waals surface area contributed by atoms with Crippen LogP contribution in [0.4, 0.5) is 4.39 Å². The van der Waals surface area contributed by atoms with Crippen molar-refractivity contribution >= 4 is 15.9 Å². The summed E-state index contributed by atoms with van der Waals surface area (Å²) >= 11 is 3.39. The first kappa shape index (κ1) is 15.9. The summed E-state index contributed by atoms with van der Waals surface area (Å²) in [5, 5.41) is 0. The summed E-state index contributed by atoms with van der Waals surface area (Å²) < 4.78 is 21.1. The molecule has 1 aliphatic rings. The van der Waals surface area contributed by atoms with Gasteiger partial charge in [-0.25, -0.2) is 4.39 Å². The molecule has 0 amide bonds. The molecule has 1 heterocycles. The van der Waals surface area contributed by atoms with E-state index in [-0.39, 0.29) is 29.0 Å². The second-order valence-electron chi connectivity index (χ2n) is 6.59. The van der Waals surface area contributed by atoms with Crippen LogP contribution in [-0.2, 0) is 4.74 Å². The minimum atomic E-state index is -0.366. The normalized spacial score (nSPS) is 25.6. The van der Waals surface area contributed by atoms with Crippen LogP contribution in [0.2, 0.25) is 0 Å². The molecule has 3 nitrogen and oxygen atoms in total. The first-order chi connectivity index (χ1) is 9.16. The molecular formula is C15H22BrFN2O. The summed E-state index contributed by atoms with van der Waals surface area (Å²) in [6.45, 7) is 8.18. The van der Waals surface area contributed by atoms with E-state index in [9.17, 15) is 4.39 Å². The van der Waals surface area contributed by atoms with Crippen LogP contribution in [0.25, 0.3) is 0 Å². The maximum Gasteiger partial charge on any atom is 0.128 e. The maximum atomic E-state index is 14.1. The third-order valence-corrected chi connectivity index (χ3v) is 4.51. The molecule has 2 atom stereocenters. The lowest BCUT2D eigenvalue weighted by Crippen LogP contribution is -2.41. The van der Waals surface area contributed by atoms with Crippen LogP contribution in [0.15, 0.2) is 22.7 Å². The average molecular weight is 345 g/mol. The van der Waals surface area contributed by atoms with Crippen LogP contribution in [-0.4, -0.2) is 11.2 Å². The Hall–Kier alpha value is -0.490. The number of nitrogens with one attached hydrogen (secondary N) is 1. The van der Waals surface area contributed by atoms with Gasteiger partial charge in [-0.15, -0.1) is 0 Å². The zero-order chi connectivity index (χ0) is 15.1. The van der Waals surface area contributed by atoms with Crippen molar-refractivity contribution < 1.29 is 9.13 Å². The van der Waals surface area contributed by atoms with Crippen molar-refractivity contribution in [3.63, 3.8) is 0 Å². The van der Waals surface area contributed by atoms with E-state index in [0.717, 1.165) is 10.9 Å². The molecule has 0 radical (unpaired) electrons. The smallest absolute Gasteiger partial charge is 0.128 e. The van der Waals surface area contributed by atoms with Crippen molar-refractivity contribution in [3.05, 3.63) is 34.1 Å². The maximum absolute atomic E-state index is 14.1. The van der Waals surface area contributed by atoms with E-state index >= 15 is 0 Å². The highest BCUT2D eigenvalue weighted by atomic mass is 79.9. The molecule has 5 heteroatoms. The van der Waals surface area contributed by atoms with Crippen molar-refractivity contribution in [2.75, 3.05) is 0 Å². The summed E-state index contributed by atoms with van der Waals surface area (Å²) in [6.07, 6.45) is 0.820. The Kier molecular flexibility index (Phi) is 4.27. The Balaban J connectivity index is 2.40. The lowest BCUT2D eigenvalue weighted by molar-refractivity contribution is -0.0779. The van der Waals surface area contributed by atoms with Crippen molar-refractivity contribution in [3.8, 4) is 0 Å². The van der Waals surface area contributed by atoms with Gasteiger partial charge in [0.1, 0.15) is 5.82 Å². The fraction of sp³-hybridized carbons (Fsp3) is 0.600. The highest BCUT2D eigenvalue weighted by molar-refractivity contribution is 9.10. The van der Waals surface area contributed by atoms with E-state index in [0.29, 0.717) is 5.56 Å². The first-order valence-electron chi connectivity index (χ1n) is 6.77. The van der Waals surface area contributed by atoms with Gasteiger partial charge in [0.25, 0.3) is 0 Å². The summed E-state index contributed by atoms with van der Waals surface area (Å²) in [6, 6.07) is 4.63. The van der Waals surface area contributed by atoms with E-state index < -0.39 is 0 Å². The van der Waals surface area contributed by atoms with E-state index in [1.54, 1.807) is 12.1 Å². The highest BCUT2D eigenvalue weighted by Crippen LogP contribution is 2.47. The van der Waals surface area contributed by atoms with Crippen LogP contribution in [0.3, 0.4) is 0 Å². The Labute approximate surface area is 128 Å². The molecule has 0 saturated carbocycles. The number of hydrazine groups is 1. The number of halogens is 2. The molecule has 0 aliphatic carbocycles. The number of benzene rings is 1. The van der Waals surface area contributed by atoms with Crippen molar-refractivity contribution in [2.24, 2.45) is 11.8 Å². The molecule has 112 valence electrons. The largest absolute Gasteiger partial charge is 0.369 e. The standard InChI is InChI=1S/C15H22BrFN2O/c1-14(2)8-11(15(3,4)20-14)13(19-18)10-7-9(16)5-6-12(10)17/h5-7,11,13,19H,8,18H2,1-4H3. The monoisotopic (exact) mass is 344 g/mol. The molecule has 1 aromatic rings. The van der Waals surface area contributed by atoms with Gasteiger partial charge in [0.2, 0.25) is 0 Å². The predicted octanol–water partition coefficient (Wildman–Crippen LogP) is 3.69. The number of ether oxygens (including phenoxy) is 1. The lowest BCUT2D eigenvalue weighted by atomic mass is 9.79. The van der Waals surface area contributed by atoms with Crippen molar-refractivity contribution in [2.45, 2.75) is 51.4 Å². The fourth-order valence-corrected chi connectivity index (χ4v) is 3.68. The van der Waals surface area contributed by atoms with Crippen LogP contribution >= 0.6 is 15.9 Å². The third-order valence-electron chi connectivity index (χ3n) is 4.02. The lowest BCUT2D eigenvalue weighted by Gasteiger charge is -2.33. The number of hydrogen-bond acceptors (Lipinski definition) is 3. The predicted molar refractivity (Wildman–Crippen MR) is 81.5 cm³/mol. The number of hydrogen-bond donors (Lipinski definition) is 2. The highest BCUT2D eigenvalue weighted by Gasteiger charge is 2.49.